The van der Waals surface area contributed by atoms with Crippen LogP contribution in [0.2, 0.25) is 0 Å². The van der Waals surface area contributed by atoms with Crippen molar-refractivity contribution in [3.05, 3.63) is 52.4 Å². The number of benzene rings is 2. The van der Waals surface area contributed by atoms with E-state index in [1.165, 1.54) is 28.4 Å². The zero-order chi connectivity index (χ0) is 22.5. The van der Waals surface area contributed by atoms with Crippen molar-refractivity contribution in [3.63, 3.8) is 0 Å². The van der Waals surface area contributed by atoms with E-state index in [1.807, 2.05) is 0 Å². The predicted octanol–water partition coefficient (Wildman–Crippen LogP) is 3.27. The molecule has 2 aromatic rings. The Bertz CT molecular complexity index is 1040. The van der Waals surface area contributed by atoms with Crippen molar-refractivity contribution in [2.45, 2.75) is 0 Å². The second-order valence-corrected chi connectivity index (χ2v) is 7.79. The molecule has 10 heteroatoms. The van der Waals surface area contributed by atoms with Crippen LogP contribution >= 0.6 is 24.0 Å². The lowest BCUT2D eigenvalue weighted by atomic mass is 10.1. The number of ether oxygens (including phenoxy) is 4. The number of hydrazine groups is 1. The van der Waals surface area contributed by atoms with Crippen LogP contribution in [0.5, 0.6) is 23.0 Å². The summed E-state index contributed by atoms with van der Waals surface area (Å²) in [5, 5.41) is 1.04. The van der Waals surface area contributed by atoms with E-state index >= 15 is 0 Å². The van der Waals surface area contributed by atoms with Gasteiger partial charge in [0.2, 0.25) is 5.75 Å². The van der Waals surface area contributed by atoms with Crippen molar-refractivity contribution < 1.29 is 28.5 Å². The highest BCUT2D eigenvalue weighted by atomic mass is 32.2. The Morgan fingerprint density at radius 2 is 1.61 bits per heavy atom. The first-order valence-electron chi connectivity index (χ1n) is 8.95. The normalized spacial score (nSPS) is 14.6. The lowest BCUT2D eigenvalue weighted by Gasteiger charge is -2.16. The predicted molar refractivity (Wildman–Crippen MR) is 122 cm³/mol. The van der Waals surface area contributed by atoms with E-state index in [9.17, 15) is 9.59 Å². The SMILES string of the molecule is COc1ccccc1C(=O)NN1C(=O)/C(=C\c2cc(OC)c(OC)c(OC)c2)SC1=S. The zero-order valence-corrected chi connectivity index (χ0v) is 18.9. The summed E-state index contributed by atoms with van der Waals surface area (Å²) in [7, 11) is 5.99. The highest BCUT2D eigenvalue weighted by Crippen LogP contribution is 2.40. The summed E-state index contributed by atoms with van der Waals surface area (Å²) in [5.74, 6) is 0.771. The zero-order valence-electron chi connectivity index (χ0n) is 17.3. The van der Waals surface area contributed by atoms with Gasteiger partial charge in [-0.25, -0.2) is 0 Å². The average Bonchev–Trinajstić information content (AvgIpc) is 3.05. The van der Waals surface area contributed by atoms with Gasteiger partial charge in [-0.3, -0.25) is 15.0 Å². The number of methoxy groups -OCH3 is 4. The van der Waals surface area contributed by atoms with Gasteiger partial charge in [-0.15, -0.1) is 0 Å². The van der Waals surface area contributed by atoms with Crippen molar-refractivity contribution in [3.8, 4) is 23.0 Å². The number of thioether (sulfide) groups is 1. The van der Waals surface area contributed by atoms with E-state index in [1.54, 1.807) is 42.5 Å². The molecule has 0 bridgehead atoms. The van der Waals surface area contributed by atoms with Gasteiger partial charge in [-0.2, -0.15) is 5.01 Å². The van der Waals surface area contributed by atoms with Gasteiger partial charge in [0.15, 0.2) is 15.8 Å². The van der Waals surface area contributed by atoms with Gasteiger partial charge in [0.25, 0.3) is 11.8 Å². The second kappa shape index (κ2) is 9.71. The molecule has 0 aromatic heterocycles. The summed E-state index contributed by atoms with van der Waals surface area (Å²) in [6.07, 6.45) is 1.64. The monoisotopic (exact) mass is 460 g/mol. The lowest BCUT2D eigenvalue weighted by Crippen LogP contribution is -2.44. The minimum atomic E-state index is -0.511. The second-order valence-electron chi connectivity index (χ2n) is 6.12. The molecule has 162 valence electrons. The van der Waals surface area contributed by atoms with Crippen LogP contribution in [0.25, 0.3) is 6.08 Å². The van der Waals surface area contributed by atoms with Crippen molar-refractivity contribution in [1.82, 2.24) is 10.4 Å². The number of hydrogen-bond donors (Lipinski definition) is 1. The average molecular weight is 461 g/mol. The van der Waals surface area contributed by atoms with E-state index < -0.39 is 11.8 Å². The largest absolute Gasteiger partial charge is 0.496 e. The maximum atomic E-state index is 12.9. The number of thiocarbonyl (C=S) groups is 1. The maximum Gasteiger partial charge on any atom is 0.285 e. The summed E-state index contributed by atoms with van der Waals surface area (Å²) in [6, 6.07) is 10.1. The highest BCUT2D eigenvalue weighted by Gasteiger charge is 2.34. The van der Waals surface area contributed by atoms with Crippen LogP contribution in [0.3, 0.4) is 0 Å². The molecule has 1 fully saturated rings. The van der Waals surface area contributed by atoms with Crippen molar-refractivity contribution in [2.75, 3.05) is 28.4 Å². The highest BCUT2D eigenvalue weighted by molar-refractivity contribution is 8.26. The molecule has 0 saturated carbocycles. The Morgan fingerprint density at radius 1 is 1.00 bits per heavy atom. The van der Waals surface area contributed by atoms with Gasteiger partial charge in [0.1, 0.15) is 5.75 Å². The van der Waals surface area contributed by atoms with Gasteiger partial charge in [-0.1, -0.05) is 23.9 Å². The van der Waals surface area contributed by atoms with E-state index in [-0.39, 0.29) is 9.88 Å². The third kappa shape index (κ3) is 4.59. The first-order chi connectivity index (χ1) is 14.9. The molecule has 1 saturated heterocycles. The van der Waals surface area contributed by atoms with Crippen molar-refractivity contribution >= 4 is 46.2 Å². The van der Waals surface area contributed by atoms with Crippen LogP contribution in [0.1, 0.15) is 15.9 Å². The molecule has 2 amide bonds. The van der Waals surface area contributed by atoms with E-state index in [0.717, 1.165) is 16.8 Å². The summed E-state index contributed by atoms with van der Waals surface area (Å²) in [6.45, 7) is 0. The number of nitrogens with zero attached hydrogens (tertiary/aromatic N) is 1. The molecule has 31 heavy (non-hydrogen) atoms. The maximum absolute atomic E-state index is 12.9. The Kier molecular flexibility index (Phi) is 7.03. The molecule has 0 atom stereocenters. The molecule has 0 radical (unpaired) electrons. The molecule has 0 spiro atoms. The first kappa shape index (κ1) is 22.4. The molecule has 1 aliphatic heterocycles. The fourth-order valence-corrected chi connectivity index (χ4v) is 4.07. The molecule has 0 unspecified atom stereocenters. The van der Waals surface area contributed by atoms with Crippen LogP contribution in [-0.4, -0.2) is 49.6 Å². The van der Waals surface area contributed by atoms with E-state index in [4.69, 9.17) is 31.2 Å². The summed E-state index contributed by atoms with van der Waals surface area (Å²) >= 11 is 6.36. The molecule has 8 nitrogen and oxygen atoms in total. The van der Waals surface area contributed by atoms with E-state index in [2.05, 4.69) is 5.43 Å². The number of carbonyl (C=O) groups is 2. The van der Waals surface area contributed by atoms with Gasteiger partial charge < -0.3 is 18.9 Å². The molecule has 1 aliphatic rings. The van der Waals surface area contributed by atoms with E-state index in [0.29, 0.717) is 33.5 Å². The summed E-state index contributed by atoms with van der Waals surface area (Å²) < 4.78 is 21.4. The fourth-order valence-electron chi connectivity index (χ4n) is 2.89. The molecule has 3 rings (SSSR count). The van der Waals surface area contributed by atoms with Gasteiger partial charge in [0.05, 0.1) is 38.9 Å². The Hall–Kier alpha value is -3.24. The molecular weight excluding hydrogens is 440 g/mol. The fraction of sp³-hybridized carbons (Fsp3) is 0.190. The number of para-hydroxylation sites is 1. The molecule has 1 N–H and O–H groups in total. The van der Waals surface area contributed by atoms with Gasteiger partial charge in [-0.05, 0) is 48.1 Å². The number of rotatable bonds is 7. The number of hydrogen-bond acceptors (Lipinski definition) is 8. The minimum Gasteiger partial charge on any atom is -0.496 e. The Labute approximate surface area is 189 Å². The first-order valence-corrected chi connectivity index (χ1v) is 10.2. The van der Waals surface area contributed by atoms with Crippen LogP contribution in [-0.2, 0) is 4.79 Å². The van der Waals surface area contributed by atoms with Gasteiger partial charge >= 0.3 is 0 Å². The van der Waals surface area contributed by atoms with Crippen LogP contribution in [0, 0.1) is 0 Å². The summed E-state index contributed by atoms with van der Waals surface area (Å²) in [4.78, 5) is 25.9. The van der Waals surface area contributed by atoms with Crippen molar-refractivity contribution in [2.24, 2.45) is 0 Å². The third-order valence-corrected chi connectivity index (χ3v) is 5.65. The van der Waals surface area contributed by atoms with Crippen LogP contribution < -0.4 is 24.4 Å². The number of nitrogens with one attached hydrogen (secondary N) is 1. The molecule has 1 heterocycles. The lowest BCUT2D eigenvalue weighted by molar-refractivity contribution is -0.123. The molecular formula is C21H20N2O6S2. The third-order valence-electron chi connectivity index (χ3n) is 4.34. The quantitative estimate of drug-likeness (QED) is 0.498. The number of carbonyl (C=O) groups excluding carboxylic acids is 2. The Balaban J connectivity index is 1.86. The van der Waals surface area contributed by atoms with Crippen LogP contribution in [0.15, 0.2) is 41.3 Å². The number of amides is 2. The standard InChI is InChI=1S/C21H20N2O6S2/c1-26-14-8-6-5-7-13(14)19(24)22-23-20(25)17(31-21(23)30)11-12-9-15(27-2)18(29-4)16(10-12)28-3/h5-11H,1-4H3,(H,22,24)/b17-11+. The smallest absolute Gasteiger partial charge is 0.285 e. The van der Waals surface area contributed by atoms with Crippen molar-refractivity contribution in [1.29, 1.82) is 0 Å². The minimum absolute atomic E-state index is 0.201. The van der Waals surface area contributed by atoms with Crippen LogP contribution in [0.4, 0.5) is 0 Å². The topological polar surface area (TPSA) is 86.3 Å². The Morgan fingerprint density at radius 3 is 2.19 bits per heavy atom. The molecule has 0 aliphatic carbocycles. The summed E-state index contributed by atoms with van der Waals surface area (Å²) in [5.41, 5.74) is 3.47. The van der Waals surface area contributed by atoms with Gasteiger partial charge in [0, 0.05) is 0 Å². The molecule has 2 aromatic carbocycles.